The first kappa shape index (κ1) is 8.38. The van der Waals surface area contributed by atoms with Crippen molar-refractivity contribution in [3.05, 3.63) is 35.6 Å². The summed E-state index contributed by atoms with van der Waals surface area (Å²) in [6.45, 7) is 1.95. The summed E-state index contributed by atoms with van der Waals surface area (Å²) in [4.78, 5) is 11.5. The molecule has 0 saturated carbocycles. The maximum Gasteiger partial charge on any atom is 0.181 e. The number of carbonyl (C=O) groups is 1. The molecule has 1 N–H and O–H groups in total. The van der Waals surface area contributed by atoms with Gasteiger partial charge in [-0.2, -0.15) is 0 Å². The van der Waals surface area contributed by atoms with E-state index in [1.165, 1.54) is 24.3 Å². The highest BCUT2D eigenvalue weighted by Gasteiger charge is 2.38. The summed E-state index contributed by atoms with van der Waals surface area (Å²) in [6.07, 6.45) is 0. The molecule has 0 bridgehead atoms. The molecule has 0 aliphatic carbocycles. The summed E-state index contributed by atoms with van der Waals surface area (Å²) >= 11 is 0. The van der Waals surface area contributed by atoms with Gasteiger partial charge in [-0.3, -0.25) is 4.79 Å². The standard InChI is InChI=1S/C10H10FNO/c1-6-9(12-6)10(13)7-2-4-8(11)5-3-7/h2-6,9,12H,1H3/t6-,9+/m1/s1. The molecule has 0 unspecified atom stereocenters. The highest BCUT2D eigenvalue weighted by atomic mass is 19.1. The normalized spacial score (nSPS) is 25.7. The Morgan fingerprint density at radius 1 is 1.38 bits per heavy atom. The van der Waals surface area contributed by atoms with Crippen LogP contribution in [0, 0.1) is 5.82 Å². The zero-order valence-corrected chi connectivity index (χ0v) is 7.25. The Hall–Kier alpha value is -1.22. The van der Waals surface area contributed by atoms with Gasteiger partial charge in [0.1, 0.15) is 5.82 Å². The molecule has 1 aromatic rings. The molecule has 3 heteroatoms. The lowest BCUT2D eigenvalue weighted by molar-refractivity contribution is 0.0988. The number of nitrogens with one attached hydrogen (secondary N) is 1. The number of benzene rings is 1. The van der Waals surface area contributed by atoms with E-state index in [1.807, 2.05) is 6.92 Å². The number of rotatable bonds is 2. The minimum absolute atomic E-state index is 0.0486. The maximum atomic E-state index is 12.5. The molecule has 0 spiro atoms. The Labute approximate surface area is 75.8 Å². The van der Waals surface area contributed by atoms with E-state index in [1.54, 1.807) is 0 Å². The Bertz CT molecular complexity index is 333. The zero-order valence-electron chi connectivity index (χ0n) is 7.25. The molecule has 1 aliphatic rings. The van der Waals surface area contributed by atoms with Gasteiger partial charge in [0.05, 0.1) is 6.04 Å². The average molecular weight is 179 g/mol. The van der Waals surface area contributed by atoms with Gasteiger partial charge in [0.2, 0.25) is 0 Å². The second-order valence-corrected chi connectivity index (χ2v) is 3.30. The number of Topliss-reactive ketones (excluding diaryl/α,β-unsaturated/α-hetero) is 1. The molecule has 1 fully saturated rings. The Morgan fingerprint density at radius 3 is 2.38 bits per heavy atom. The van der Waals surface area contributed by atoms with Crippen molar-refractivity contribution in [1.82, 2.24) is 5.32 Å². The third-order valence-corrected chi connectivity index (χ3v) is 2.24. The summed E-state index contributed by atoms with van der Waals surface area (Å²) in [5.41, 5.74) is 0.572. The third kappa shape index (κ3) is 1.60. The van der Waals surface area contributed by atoms with Crippen molar-refractivity contribution in [3.63, 3.8) is 0 Å². The Balaban J connectivity index is 2.17. The van der Waals surface area contributed by atoms with Gasteiger partial charge < -0.3 is 5.32 Å². The topological polar surface area (TPSA) is 39.0 Å². The van der Waals surface area contributed by atoms with Crippen LogP contribution in [0.1, 0.15) is 17.3 Å². The molecule has 1 heterocycles. The van der Waals surface area contributed by atoms with Crippen molar-refractivity contribution in [1.29, 1.82) is 0 Å². The second-order valence-electron chi connectivity index (χ2n) is 3.30. The van der Waals surface area contributed by atoms with Gasteiger partial charge in [0.25, 0.3) is 0 Å². The summed E-state index contributed by atoms with van der Waals surface area (Å²) < 4.78 is 12.5. The molecule has 68 valence electrons. The summed E-state index contributed by atoms with van der Waals surface area (Å²) in [6, 6.07) is 5.85. The van der Waals surface area contributed by atoms with Crippen LogP contribution in [0.5, 0.6) is 0 Å². The van der Waals surface area contributed by atoms with Crippen LogP contribution in [0.25, 0.3) is 0 Å². The molecule has 0 radical (unpaired) electrons. The predicted octanol–water partition coefficient (Wildman–Crippen LogP) is 1.37. The first-order valence-corrected chi connectivity index (χ1v) is 4.24. The molecule has 0 amide bonds. The third-order valence-electron chi connectivity index (χ3n) is 2.24. The van der Waals surface area contributed by atoms with Crippen molar-refractivity contribution < 1.29 is 9.18 Å². The van der Waals surface area contributed by atoms with Crippen molar-refractivity contribution in [2.75, 3.05) is 0 Å². The second kappa shape index (κ2) is 2.92. The monoisotopic (exact) mass is 179 g/mol. The minimum Gasteiger partial charge on any atom is -0.301 e. The van der Waals surface area contributed by atoms with Crippen LogP contribution in [0.15, 0.2) is 24.3 Å². The molecule has 1 aromatic carbocycles. The molecule has 2 rings (SSSR count). The molecule has 1 aliphatic heterocycles. The molecule has 1 saturated heterocycles. The lowest BCUT2D eigenvalue weighted by atomic mass is 10.1. The van der Waals surface area contributed by atoms with E-state index < -0.39 is 0 Å². The van der Waals surface area contributed by atoms with Crippen molar-refractivity contribution >= 4 is 5.78 Å². The molecule has 13 heavy (non-hydrogen) atoms. The predicted molar refractivity (Wildman–Crippen MR) is 47.1 cm³/mol. The Morgan fingerprint density at radius 2 is 1.92 bits per heavy atom. The maximum absolute atomic E-state index is 12.5. The minimum atomic E-state index is -0.312. The van der Waals surface area contributed by atoms with Crippen LogP contribution in [-0.4, -0.2) is 17.9 Å². The Kier molecular flexibility index (Phi) is 1.88. The molecular weight excluding hydrogens is 169 g/mol. The largest absolute Gasteiger partial charge is 0.301 e. The van der Waals surface area contributed by atoms with Crippen LogP contribution < -0.4 is 5.32 Å². The van der Waals surface area contributed by atoms with E-state index in [0.717, 1.165) is 0 Å². The quantitative estimate of drug-likeness (QED) is 0.550. The number of hydrogen-bond donors (Lipinski definition) is 1. The number of hydrogen-bond acceptors (Lipinski definition) is 2. The molecule has 2 atom stereocenters. The van der Waals surface area contributed by atoms with E-state index in [2.05, 4.69) is 5.32 Å². The first-order valence-electron chi connectivity index (χ1n) is 4.24. The molecule has 0 aromatic heterocycles. The first-order chi connectivity index (χ1) is 6.18. The summed E-state index contributed by atoms with van der Waals surface area (Å²) in [5.74, 6) is -0.263. The van der Waals surface area contributed by atoms with E-state index in [0.29, 0.717) is 5.56 Å². The fourth-order valence-electron chi connectivity index (χ4n) is 1.32. The van der Waals surface area contributed by atoms with Gasteiger partial charge >= 0.3 is 0 Å². The van der Waals surface area contributed by atoms with Crippen molar-refractivity contribution in [2.24, 2.45) is 0 Å². The van der Waals surface area contributed by atoms with Crippen LogP contribution in [0.2, 0.25) is 0 Å². The lowest BCUT2D eigenvalue weighted by Gasteiger charge is -1.96. The van der Waals surface area contributed by atoms with Crippen molar-refractivity contribution in [3.8, 4) is 0 Å². The van der Waals surface area contributed by atoms with E-state index in [9.17, 15) is 9.18 Å². The van der Waals surface area contributed by atoms with Gasteiger partial charge in [0.15, 0.2) is 5.78 Å². The molecule has 2 nitrogen and oxygen atoms in total. The summed E-state index contributed by atoms with van der Waals surface area (Å²) in [7, 11) is 0. The SMILES string of the molecule is C[C@H]1N[C@@H]1C(=O)c1ccc(F)cc1. The van der Waals surface area contributed by atoms with Gasteiger partial charge in [-0.15, -0.1) is 0 Å². The molecular formula is C10H10FNO. The van der Waals surface area contributed by atoms with Crippen LogP contribution in [-0.2, 0) is 0 Å². The van der Waals surface area contributed by atoms with E-state index in [-0.39, 0.29) is 23.7 Å². The lowest BCUT2D eigenvalue weighted by Crippen LogP contribution is -2.10. The summed E-state index contributed by atoms with van der Waals surface area (Å²) in [5, 5.41) is 3.00. The number of halogens is 1. The van der Waals surface area contributed by atoms with Gasteiger partial charge in [-0.05, 0) is 31.2 Å². The highest BCUT2D eigenvalue weighted by molar-refractivity contribution is 6.02. The van der Waals surface area contributed by atoms with E-state index >= 15 is 0 Å². The number of ketones is 1. The number of carbonyl (C=O) groups excluding carboxylic acids is 1. The van der Waals surface area contributed by atoms with E-state index in [4.69, 9.17) is 0 Å². The fourth-order valence-corrected chi connectivity index (χ4v) is 1.32. The van der Waals surface area contributed by atoms with Crippen LogP contribution in [0.4, 0.5) is 4.39 Å². The van der Waals surface area contributed by atoms with Gasteiger partial charge in [-0.25, -0.2) is 4.39 Å². The van der Waals surface area contributed by atoms with Crippen molar-refractivity contribution in [2.45, 2.75) is 19.0 Å². The van der Waals surface area contributed by atoms with Crippen LogP contribution in [0.3, 0.4) is 0 Å². The zero-order chi connectivity index (χ0) is 9.42. The smallest absolute Gasteiger partial charge is 0.181 e. The van der Waals surface area contributed by atoms with Gasteiger partial charge in [0, 0.05) is 11.6 Å². The average Bonchev–Trinajstić information content (AvgIpc) is 2.83. The highest BCUT2D eigenvalue weighted by Crippen LogP contribution is 2.16. The van der Waals surface area contributed by atoms with Crippen LogP contribution >= 0.6 is 0 Å². The van der Waals surface area contributed by atoms with Gasteiger partial charge in [-0.1, -0.05) is 0 Å². The fraction of sp³-hybridized carbons (Fsp3) is 0.300.